The Morgan fingerprint density at radius 3 is 2.50 bits per heavy atom. The number of esters is 1. The zero-order valence-electron chi connectivity index (χ0n) is 7.77. The first kappa shape index (κ1) is 10.7. The van der Waals surface area contributed by atoms with Crippen LogP contribution in [0.4, 0.5) is 0 Å². The van der Waals surface area contributed by atoms with Crippen molar-refractivity contribution in [2.24, 2.45) is 5.73 Å². The maximum absolute atomic E-state index is 11.4. The number of benzene rings is 1. The number of thiocarbonyl (C=S) groups is 1. The largest absolute Gasteiger partial charge is 0.452 e. The molecule has 0 saturated heterocycles. The Morgan fingerprint density at radius 1 is 1.43 bits per heavy atom. The van der Waals surface area contributed by atoms with E-state index in [0.29, 0.717) is 5.56 Å². The Morgan fingerprint density at radius 2 is 2.00 bits per heavy atom. The van der Waals surface area contributed by atoms with Crippen molar-refractivity contribution in [1.82, 2.24) is 0 Å². The molecule has 0 aliphatic heterocycles. The quantitative estimate of drug-likeness (QED) is 0.605. The number of rotatable bonds is 3. The van der Waals surface area contributed by atoms with Crippen LogP contribution in [-0.4, -0.2) is 17.1 Å². The van der Waals surface area contributed by atoms with Crippen LogP contribution in [0, 0.1) is 0 Å². The third-order valence-corrected chi connectivity index (χ3v) is 2.03. The van der Waals surface area contributed by atoms with E-state index >= 15 is 0 Å². The number of carbonyl (C=O) groups is 1. The number of nitrogens with two attached hydrogens (primary N) is 1. The van der Waals surface area contributed by atoms with E-state index in [2.05, 4.69) is 12.2 Å². The topological polar surface area (TPSA) is 52.3 Å². The summed E-state index contributed by atoms with van der Waals surface area (Å²) in [4.78, 5) is 11.6. The molecule has 4 heteroatoms. The Bertz CT molecular complexity index is 337. The number of carbonyl (C=O) groups excluding carboxylic acids is 1. The standard InChI is InChI=1S/C10H11NO2S/c1-7(9(11)14)13-10(12)8-5-3-2-4-6-8/h2-7H,1H3,(H2,11,14). The fourth-order valence-corrected chi connectivity index (χ4v) is 0.909. The van der Waals surface area contributed by atoms with Crippen LogP contribution in [0.3, 0.4) is 0 Å². The van der Waals surface area contributed by atoms with Crippen molar-refractivity contribution in [3.05, 3.63) is 35.9 Å². The molecule has 0 aromatic heterocycles. The van der Waals surface area contributed by atoms with Crippen molar-refractivity contribution in [3.63, 3.8) is 0 Å². The molecule has 0 heterocycles. The molecule has 1 aromatic carbocycles. The fourth-order valence-electron chi connectivity index (χ4n) is 0.861. The maximum Gasteiger partial charge on any atom is 0.338 e. The first-order valence-corrected chi connectivity index (χ1v) is 4.57. The molecule has 1 atom stereocenters. The highest BCUT2D eigenvalue weighted by Gasteiger charge is 2.12. The highest BCUT2D eigenvalue weighted by atomic mass is 32.1. The van der Waals surface area contributed by atoms with Crippen molar-refractivity contribution in [1.29, 1.82) is 0 Å². The van der Waals surface area contributed by atoms with Gasteiger partial charge in [-0.1, -0.05) is 30.4 Å². The second kappa shape index (κ2) is 4.72. The molecule has 0 bridgehead atoms. The zero-order chi connectivity index (χ0) is 10.6. The van der Waals surface area contributed by atoms with E-state index in [1.165, 1.54) is 0 Å². The average molecular weight is 209 g/mol. The lowest BCUT2D eigenvalue weighted by molar-refractivity contribution is 0.0454. The molecular weight excluding hydrogens is 198 g/mol. The van der Waals surface area contributed by atoms with Crippen LogP contribution in [0.1, 0.15) is 17.3 Å². The Kier molecular flexibility index (Phi) is 3.59. The van der Waals surface area contributed by atoms with Crippen molar-refractivity contribution >= 4 is 23.2 Å². The molecule has 2 N–H and O–H groups in total. The van der Waals surface area contributed by atoms with Gasteiger partial charge in [-0.05, 0) is 19.1 Å². The van der Waals surface area contributed by atoms with Crippen LogP contribution in [0.25, 0.3) is 0 Å². The summed E-state index contributed by atoms with van der Waals surface area (Å²) in [6.07, 6.45) is -0.530. The van der Waals surface area contributed by atoms with Gasteiger partial charge in [-0.3, -0.25) is 0 Å². The van der Waals surface area contributed by atoms with Gasteiger partial charge in [0, 0.05) is 0 Å². The van der Waals surface area contributed by atoms with Gasteiger partial charge >= 0.3 is 5.97 Å². The Balaban J connectivity index is 2.64. The number of ether oxygens (including phenoxy) is 1. The van der Waals surface area contributed by atoms with E-state index in [1.807, 2.05) is 6.07 Å². The van der Waals surface area contributed by atoms with E-state index in [9.17, 15) is 4.79 Å². The Hall–Kier alpha value is -1.42. The summed E-state index contributed by atoms with van der Waals surface area (Å²) in [5, 5.41) is 0. The molecule has 0 amide bonds. The number of hydrogen-bond donors (Lipinski definition) is 1. The highest BCUT2D eigenvalue weighted by Crippen LogP contribution is 2.03. The molecule has 3 nitrogen and oxygen atoms in total. The van der Waals surface area contributed by atoms with Gasteiger partial charge in [0.15, 0.2) is 0 Å². The van der Waals surface area contributed by atoms with E-state index < -0.39 is 12.1 Å². The van der Waals surface area contributed by atoms with Crippen molar-refractivity contribution in [3.8, 4) is 0 Å². The normalized spacial score (nSPS) is 11.8. The predicted molar refractivity (Wildman–Crippen MR) is 58.1 cm³/mol. The van der Waals surface area contributed by atoms with Gasteiger partial charge in [0.1, 0.15) is 11.1 Å². The third kappa shape index (κ3) is 2.81. The molecule has 0 spiro atoms. The minimum Gasteiger partial charge on any atom is -0.452 e. The van der Waals surface area contributed by atoms with Crippen LogP contribution >= 0.6 is 12.2 Å². The first-order chi connectivity index (χ1) is 6.61. The zero-order valence-corrected chi connectivity index (χ0v) is 8.58. The predicted octanol–water partition coefficient (Wildman–Crippen LogP) is 1.52. The molecule has 14 heavy (non-hydrogen) atoms. The summed E-state index contributed by atoms with van der Waals surface area (Å²) in [6.45, 7) is 1.64. The number of hydrogen-bond acceptors (Lipinski definition) is 3. The first-order valence-electron chi connectivity index (χ1n) is 4.16. The van der Waals surface area contributed by atoms with Crippen LogP contribution in [0.5, 0.6) is 0 Å². The average Bonchev–Trinajstić information content (AvgIpc) is 2.19. The Labute approximate surface area is 87.9 Å². The summed E-state index contributed by atoms with van der Waals surface area (Å²) in [5.41, 5.74) is 5.81. The third-order valence-electron chi connectivity index (χ3n) is 1.69. The SMILES string of the molecule is CC(OC(=O)c1ccccc1)C(N)=S. The molecule has 0 aliphatic rings. The van der Waals surface area contributed by atoms with E-state index in [4.69, 9.17) is 10.5 Å². The molecule has 1 unspecified atom stereocenters. The lowest BCUT2D eigenvalue weighted by atomic mass is 10.2. The summed E-state index contributed by atoms with van der Waals surface area (Å²) in [7, 11) is 0. The minimum absolute atomic E-state index is 0.175. The summed E-state index contributed by atoms with van der Waals surface area (Å²) in [5.74, 6) is -0.411. The van der Waals surface area contributed by atoms with Gasteiger partial charge in [0.25, 0.3) is 0 Å². The van der Waals surface area contributed by atoms with Crippen LogP contribution in [0.15, 0.2) is 30.3 Å². The molecule has 1 rings (SSSR count). The summed E-state index contributed by atoms with van der Waals surface area (Å²) >= 11 is 4.69. The van der Waals surface area contributed by atoms with Crippen LogP contribution in [-0.2, 0) is 4.74 Å². The van der Waals surface area contributed by atoms with Crippen LogP contribution < -0.4 is 5.73 Å². The maximum atomic E-state index is 11.4. The van der Waals surface area contributed by atoms with E-state index in [-0.39, 0.29) is 4.99 Å². The smallest absolute Gasteiger partial charge is 0.338 e. The van der Waals surface area contributed by atoms with Crippen LogP contribution in [0.2, 0.25) is 0 Å². The lowest BCUT2D eigenvalue weighted by Crippen LogP contribution is -2.28. The minimum atomic E-state index is -0.530. The molecular formula is C10H11NO2S. The fraction of sp³-hybridized carbons (Fsp3) is 0.200. The molecule has 0 fully saturated rings. The molecule has 74 valence electrons. The van der Waals surface area contributed by atoms with E-state index in [0.717, 1.165) is 0 Å². The second-order valence-electron chi connectivity index (χ2n) is 2.82. The lowest BCUT2D eigenvalue weighted by Gasteiger charge is -2.10. The van der Waals surface area contributed by atoms with Crippen molar-refractivity contribution in [2.45, 2.75) is 13.0 Å². The van der Waals surface area contributed by atoms with Gasteiger partial charge in [0.2, 0.25) is 0 Å². The summed E-state index contributed by atoms with van der Waals surface area (Å²) in [6, 6.07) is 8.71. The van der Waals surface area contributed by atoms with Crippen molar-refractivity contribution < 1.29 is 9.53 Å². The van der Waals surface area contributed by atoms with Gasteiger partial charge in [-0.15, -0.1) is 0 Å². The van der Waals surface area contributed by atoms with Gasteiger partial charge in [-0.25, -0.2) is 4.79 Å². The van der Waals surface area contributed by atoms with Crippen molar-refractivity contribution in [2.75, 3.05) is 0 Å². The highest BCUT2D eigenvalue weighted by molar-refractivity contribution is 7.80. The molecule has 0 saturated carbocycles. The van der Waals surface area contributed by atoms with Gasteiger partial charge in [-0.2, -0.15) is 0 Å². The monoisotopic (exact) mass is 209 g/mol. The molecule has 0 aliphatic carbocycles. The van der Waals surface area contributed by atoms with Gasteiger partial charge in [0.05, 0.1) is 5.56 Å². The molecule has 1 aromatic rings. The van der Waals surface area contributed by atoms with E-state index in [1.54, 1.807) is 31.2 Å². The summed E-state index contributed by atoms with van der Waals surface area (Å²) < 4.78 is 4.99. The molecule has 0 radical (unpaired) electrons. The second-order valence-corrected chi connectivity index (χ2v) is 3.29. The van der Waals surface area contributed by atoms with Gasteiger partial charge < -0.3 is 10.5 Å².